The predicted molar refractivity (Wildman–Crippen MR) is 82.9 cm³/mol. The molecule has 0 saturated carbocycles. The van der Waals surface area contributed by atoms with Gasteiger partial charge in [-0.15, -0.1) is 10.2 Å². The van der Waals surface area contributed by atoms with E-state index >= 15 is 0 Å². The lowest BCUT2D eigenvalue weighted by molar-refractivity contribution is 0.101. The summed E-state index contributed by atoms with van der Waals surface area (Å²) in [5.41, 5.74) is 2.16. The minimum atomic E-state index is -0.323. The Hall–Kier alpha value is -2.09. The van der Waals surface area contributed by atoms with Gasteiger partial charge in [-0.1, -0.05) is 5.16 Å². The maximum absolute atomic E-state index is 12.2. The fraction of sp³-hybridized carbons (Fsp3) is 0.429. The van der Waals surface area contributed by atoms with Crippen LogP contribution < -0.4 is 10.2 Å². The molecular formula is C14H15N5O2S. The number of hydrogen-bond donors (Lipinski definition) is 1. The molecule has 2 aromatic rings. The Morgan fingerprint density at radius 3 is 2.86 bits per heavy atom. The molecule has 0 aliphatic carbocycles. The minimum Gasteiger partial charge on any atom is -0.355 e. The average Bonchev–Trinajstić information content (AvgIpc) is 3.27. The number of anilines is 2. The zero-order valence-corrected chi connectivity index (χ0v) is 12.7. The number of thioether (sulfide) groups is 1. The lowest BCUT2D eigenvalue weighted by atomic mass is 10.3. The maximum atomic E-state index is 12.2. The van der Waals surface area contributed by atoms with Crippen LogP contribution in [-0.4, -0.2) is 34.4 Å². The summed E-state index contributed by atoms with van der Waals surface area (Å²) < 4.78 is 5.18. The lowest BCUT2D eigenvalue weighted by Crippen LogP contribution is -2.21. The molecule has 1 amide bonds. The van der Waals surface area contributed by atoms with Crippen LogP contribution in [0, 0.1) is 0 Å². The molecule has 22 heavy (non-hydrogen) atoms. The first-order chi connectivity index (χ1) is 10.8. The van der Waals surface area contributed by atoms with Crippen molar-refractivity contribution in [2.75, 3.05) is 23.3 Å². The predicted octanol–water partition coefficient (Wildman–Crippen LogP) is 2.06. The summed E-state index contributed by atoms with van der Waals surface area (Å²) in [7, 11) is 0. The van der Waals surface area contributed by atoms with Gasteiger partial charge >= 0.3 is 0 Å². The third-order valence-electron chi connectivity index (χ3n) is 3.89. The van der Waals surface area contributed by atoms with Gasteiger partial charge in [0.2, 0.25) is 5.88 Å². The summed E-state index contributed by atoms with van der Waals surface area (Å²) in [5, 5.41) is 14.9. The van der Waals surface area contributed by atoms with Crippen molar-refractivity contribution >= 4 is 29.4 Å². The maximum Gasteiger partial charge on any atom is 0.278 e. The molecule has 2 aromatic heterocycles. The van der Waals surface area contributed by atoms with Gasteiger partial charge in [-0.05, 0) is 25.0 Å². The van der Waals surface area contributed by atoms with Crippen LogP contribution in [0.2, 0.25) is 0 Å². The summed E-state index contributed by atoms with van der Waals surface area (Å²) in [5.74, 6) is 2.57. The normalized spacial score (nSPS) is 16.8. The van der Waals surface area contributed by atoms with Crippen molar-refractivity contribution in [3.63, 3.8) is 0 Å². The van der Waals surface area contributed by atoms with E-state index in [1.54, 1.807) is 17.8 Å². The molecule has 1 saturated heterocycles. The van der Waals surface area contributed by atoms with Gasteiger partial charge in [0.1, 0.15) is 0 Å². The van der Waals surface area contributed by atoms with Crippen molar-refractivity contribution in [1.82, 2.24) is 15.4 Å². The molecule has 0 atom stereocenters. The molecule has 2 aliphatic heterocycles. The van der Waals surface area contributed by atoms with Gasteiger partial charge in [-0.2, -0.15) is 11.8 Å². The van der Waals surface area contributed by atoms with Crippen LogP contribution in [0.3, 0.4) is 0 Å². The number of nitrogens with zero attached hydrogens (tertiary/aromatic N) is 4. The number of amides is 1. The number of aromatic nitrogens is 3. The summed E-state index contributed by atoms with van der Waals surface area (Å²) in [6, 6.07) is 3.54. The smallest absolute Gasteiger partial charge is 0.278 e. The van der Waals surface area contributed by atoms with Crippen LogP contribution in [-0.2, 0) is 11.5 Å². The summed E-state index contributed by atoms with van der Waals surface area (Å²) in [6.07, 6.45) is 2.36. The number of nitrogens with one attached hydrogen (secondary N) is 1. The van der Waals surface area contributed by atoms with E-state index < -0.39 is 0 Å². The van der Waals surface area contributed by atoms with Crippen LogP contribution in [0.1, 0.15) is 34.6 Å². The fourth-order valence-electron chi connectivity index (χ4n) is 2.68. The van der Waals surface area contributed by atoms with Gasteiger partial charge < -0.3 is 9.42 Å². The van der Waals surface area contributed by atoms with Gasteiger partial charge in [0, 0.05) is 24.6 Å². The second-order valence-corrected chi connectivity index (χ2v) is 6.34. The van der Waals surface area contributed by atoms with E-state index in [4.69, 9.17) is 4.52 Å². The molecule has 4 heterocycles. The number of carbonyl (C=O) groups excluding carboxylic acids is 1. The third-order valence-corrected chi connectivity index (χ3v) is 4.87. The SMILES string of the molecule is O=C(Nc1onc2c1CSC2)c1ccc(N2CCCC2)nn1. The fourth-order valence-corrected chi connectivity index (χ4v) is 3.70. The van der Waals surface area contributed by atoms with Crippen LogP contribution in [0.25, 0.3) is 0 Å². The largest absolute Gasteiger partial charge is 0.355 e. The van der Waals surface area contributed by atoms with Crippen molar-refractivity contribution in [3.8, 4) is 0 Å². The van der Waals surface area contributed by atoms with Gasteiger partial charge in [0.25, 0.3) is 5.91 Å². The molecule has 0 radical (unpaired) electrons. The Morgan fingerprint density at radius 2 is 2.09 bits per heavy atom. The molecule has 0 unspecified atom stereocenters. The summed E-state index contributed by atoms with van der Waals surface area (Å²) in [4.78, 5) is 14.4. The van der Waals surface area contributed by atoms with Crippen LogP contribution in [0.5, 0.6) is 0 Å². The van der Waals surface area contributed by atoms with Crippen LogP contribution >= 0.6 is 11.8 Å². The van der Waals surface area contributed by atoms with E-state index in [1.807, 2.05) is 6.07 Å². The number of rotatable bonds is 3. The molecule has 8 heteroatoms. The van der Waals surface area contributed by atoms with Crippen LogP contribution in [0.15, 0.2) is 16.7 Å². The van der Waals surface area contributed by atoms with E-state index in [1.165, 1.54) is 12.8 Å². The highest BCUT2D eigenvalue weighted by molar-refractivity contribution is 7.98. The van der Waals surface area contributed by atoms with E-state index in [0.717, 1.165) is 41.7 Å². The molecule has 7 nitrogen and oxygen atoms in total. The van der Waals surface area contributed by atoms with E-state index in [9.17, 15) is 4.79 Å². The molecule has 1 fully saturated rings. The van der Waals surface area contributed by atoms with Crippen molar-refractivity contribution in [2.45, 2.75) is 24.3 Å². The number of carbonyl (C=O) groups is 1. The first kappa shape index (κ1) is 13.6. The van der Waals surface area contributed by atoms with E-state index in [0.29, 0.717) is 5.88 Å². The second kappa shape index (κ2) is 5.60. The molecule has 0 aromatic carbocycles. The lowest BCUT2D eigenvalue weighted by Gasteiger charge is -2.15. The Bertz CT molecular complexity index is 694. The van der Waals surface area contributed by atoms with Crippen molar-refractivity contribution in [2.24, 2.45) is 0 Å². The van der Waals surface area contributed by atoms with Crippen LogP contribution in [0.4, 0.5) is 11.7 Å². The van der Waals surface area contributed by atoms with E-state index in [2.05, 4.69) is 25.6 Å². The number of fused-ring (bicyclic) bond motifs is 1. The Morgan fingerprint density at radius 1 is 1.23 bits per heavy atom. The molecule has 0 bridgehead atoms. The number of hydrogen-bond acceptors (Lipinski definition) is 7. The average molecular weight is 317 g/mol. The molecule has 0 spiro atoms. The highest BCUT2D eigenvalue weighted by atomic mass is 32.2. The highest BCUT2D eigenvalue weighted by Gasteiger charge is 2.23. The molecule has 4 rings (SSSR count). The Labute approximate surface area is 131 Å². The summed E-state index contributed by atoms with van der Waals surface area (Å²) >= 11 is 1.76. The third kappa shape index (κ3) is 2.43. The first-order valence-electron chi connectivity index (χ1n) is 7.26. The topological polar surface area (TPSA) is 84.2 Å². The van der Waals surface area contributed by atoms with Gasteiger partial charge in [-0.25, -0.2) is 0 Å². The first-order valence-corrected chi connectivity index (χ1v) is 8.42. The van der Waals surface area contributed by atoms with Gasteiger partial charge in [-0.3, -0.25) is 10.1 Å². The van der Waals surface area contributed by atoms with Crippen molar-refractivity contribution in [3.05, 3.63) is 29.1 Å². The van der Waals surface area contributed by atoms with Crippen molar-refractivity contribution < 1.29 is 9.32 Å². The quantitative estimate of drug-likeness (QED) is 0.927. The van der Waals surface area contributed by atoms with Gasteiger partial charge in [0.05, 0.1) is 11.3 Å². The minimum absolute atomic E-state index is 0.277. The zero-order valence-electron chi connectivity index (χ0n) is 11.9. The molecular weight excluding hydrogens is 302 g/mol. The highest BCUT2D eigenvalue weighted by Crippen LogP contribution is 2.34. The zero-order chi connectivity index (χ0) is 14.9. The molecule has 1 N–H and O–H groups in total. The second-order valence-electron chi connectivity index (χ2n) is 5.35. The summed E-state index contributed by atoms with van der Waals surface area (Å²) in [6.45, 7) is 2.00. The van der Waals surface area contributed by atoms with E-state index in [-0.39, 0.29) is 11.6 Å². The standard InChI is InChI=1S/C14H15N5O2S/c20-13(15-14-9-7-22-8-11(9)18-21-14)10-3-4-12(17-16-10)19-5-1-2-6-19/h3-4H,1-2,5-8H2,(H,15,20). The van der Waals surface area contributed by atoms with Gasteiger partial charge in [0.15, 0.2) is 11.5 Å². The van der Waals surface area contributed by atoms with Crippen molar-refractivity contribution in [1.29, 1.82) is 0 Å². The molecule has 114 valence electrons. The monoisotopic (exact) mass is 317 g/mol. The Kier molecular flexibility index (Phi) is 3.45. The molecule has 2 aliphatic rings. The Balaban J connectivity index is 1.48.